The van der Waals surface area contributed by atoms with Crippen LogP contribution in [0.1, 0.15) is 40.8 Å². The topological polar surface area (TPSA) is 83.6 Å². The van der Waals surface area contributed by atoms with Crippen molar-refractivity contribution >= 4 is 34.7 Å². The minimum absolute atomic E-state index is 0.00936. The SMILES string of the molecule is CCCN(C(=O)c1csc(/C(C=Nc2ccc(C)cc2)=C/N)n1)[C@H]1CCNC1. The first kappa shape index (κ1) is 20.2. The van der Waals surface area contributed by atoms with Gasteiger partial charge in [-0.15, -0.1) is 11.3 Å². The molecule has 0 spiro atoms. The van der Waals surface area contributed by atoms with Crippen molar-refractivity contribution in [3.05, 3.63) is 52.1 Å². The lowest BCUT2D eigenvalue weighted by molar-refractivity contribution is 0.0687. The third-order valence-corrected chi connectivity index (χ3v) is 5.63. The first-order valence-electron chi connectivity index (χ1n) is 9.62. The van der Waals surface area contributed by atoms with Gasteiger partial charge in [0.15, 0.2) is 0 Å². The number of benzene rings is 1. The molecule has 7 heteroatoms. The predicted octanol–water partition coefficient (Wildman–Crippen LogP) is 3.37. The van der Waals surface area contributed by atoms with E-state index in [0.717, 1.165) is 38.2 Å². The normalized spacial score (nSPS) is 17.4. The molecule has 1 aromatic carbocycles. The average Bonchev–Trinajstić information content (AvgIpc) is 3.40. The molecule has 1 aliphatic heterocycles. The van der Waals surface area contributed by atoms with Crippen LogP contribution < -0.4 is 11.1 Å². The fourth-order valence-corrected chi connectivity index (χ4v) is 3.98. The number of hydrogen-bond acceptors (Lipinski definition) is 6. The molecular weight excluding hydrogens is 370 g/mol. The zero-order chi connectivity index (χ0) is 19.9. The summed E-state index contributed by atoms with van der Waals surface area (Å²) in [6.45, 7) is 6.67. The number of hydrogen-bond donors (Lipinski definition) is 2. The summed E-state index contributed by atoms with van der Waals surface area (Å²) in [4.78, 5) is 24.0. The third kappa shape index (κ3) is 4.85. The smallest absolute Gasteiger partial charge is 0.273 e. The molecule has 28 heavy (non-hydrogen) atoms. The minimum Gasteiger partial charge on any atom is -0.404 e. The molecule has 0 saturated carbocycles. The van der Waals surface area contributed by atoms with E-state index in [1.165, 1.54) is 23.1 Å². The summed E-state index contributed by atoms with van der Waals surface area (Å²) in [5.74, 6) is -0.00936. The number of nitrogens with one attached hydrogen (secondary N) is 1. The largest absolute Gasteiger partial charge is 0.404 e. The first-order chi connectivity index (χ1) is 13.6. The number of rotatable bonds is 7. The van der Waals surface area contributed by atoms with Gasteiger partial charge in [-0.2, -0.15) is 0 Å². The average molecular weight is 398 g/mol. The third-order valence-electron chi connectivity index (χ3n) is 4.74. The molecule has 1 saturated heterocycles. The van der Waals surface area contributed by atoms with E-state index in [4.69, 9.17) is 5.73 Å². The van der Waals surface area contributed by atoms with E-state index in [-0.39, 0.29) is 11.9 Å². The van der Waals surface area contributed by atoms with E-state index in [1.54, 1.807) is 6.21 Å². The van der Waals surface area contributed by atoms with E-state index in [0.29, 0.717) is 16.3 Å². The molecular formula is C21H27N5OS. The Morgan fingerprint density at radius 2 is 2.21 bits per heavy atom. The highest BCUT2D eigenvalue weighted by molar-refractivity contribution is 7.11. The molecule has 3 rings (SSSR count). The molecule has 3 N–H and O–H groups in total. The van der Waals surface area contributed by atoms with Crippen molar-refractivity contribution in [2.24, 2.45) is 10.7 Å². The van der Waals surface area contributed by atoms with E-state index < -0.39 is 0 Å². The van der Waals surface area contributed by atoms with Crippen LogP contribution in [0.4, 0.5) is 5.69 Å². The summed E-state index contributed by atoms with van der Waals surface area (Å²) < 4.78 is 0. The highest BCUT2D eigenvalue weighted by Crippen LogP contribution is 2.22. The number of nitrogens with two attached hydrogens (primary N) is 1. The second kappa shape index (κ2) is 9.61. The Kier molecular flexibility index (Phi) is 6.95. The van der Waals surface area contributed by atoms with Crippen molar-refractivity contribution in [3.63, 3.8) is 0 Å². The van der Waals surface area contributed by atoms with Gasteiger partial charge in [-0.25, -0.2) is 4.98 Å². The van der Waals surface area contributed by atoms with Gasteiger partial charge in [-0.05, 0) is 38.4 Å². The molecule has 1 atom stereocenters. The molecule has 2 aromatic rings. The van der Waals surface area contributed by atoms with Crippen LogP contribution in [0.15, 0.2) is 40.8 Å². The molecule has 1 fully saturated rings. The number of thiazole rings is 1. The van der Waals surface area contributed by atoms with Gasteiger partial charge in [0.05, 0.1) is 5.69 Å². The summed E-state index contributed by atoms with van der Waals surface area (Å²) >= 11 is 1.41. The summed E-state index contributed by atoms with van der Waals surface area (Å²) in [5.41, 5.74) is 9.01. The van der Waals surface area contributed by atoms with E-state index in [2.05, 4.69) is 22.2 Å². The maximum atomic E-state index is 13.0. The quantitative estimate of drug-likeness (QED) is 0.702. The van der Waals surface area contributed by atoms with Crippen molar-refractivity contribution in [2.45, 2.75) is 32.7 Å². The van der Waals surface area contributed by atoms with E-state index >= 15 is 0 Å². The van der Waals surface area contributed by atoms with Crippen molar-refractivity contribution in [2.75, 3.05) is 19.6 Å². The summed E-state index contributed by atoms with van der Waals surface area (Å²) in [5, 5.41) is 5.84. The van der Waals surface area contributed by atoms with Crippen LogP contribution in [-0.2, 0) is 0 Å². The number of carbonyl (C=O) groups is 1. The zero-order valence-electron chi connectivity index (χ0n) is 16.4. The maximum Gasteiger partial charge on any atom is 0.273 e. The number of allylic oxidation sites excluding steroid dienone is 1. The Bertz CT molecular complexity index is 850. The van der Waals surface area contributed by atoms with Gasteiger partial charge in [0, 0.05) is 42.5 Å². The van der Waals surface area contributed by atoms with Gasteiger partial charge in [-0.3, -0.25) is 9.79 Å². The predicted molar refractivity (Wildman–Crippen MR) is 116 cm³/mol. The van der Waals surface area contributed by atoms with E-state index in [9.17, 15) is 4.79 Å². The standard InChI is InChI=1S/C21H27N5OS/c1-3-10-26(18-8-9-23-13-18)21(27)19-14-28-20(25-19)16(11-22)12-24-17-6-4-15(2)5-7-17/h4-7,11-12,14,18,23H,3,8-10,13,22H2,1-2H3/b16-11+,24-12?/t18-/m0/s1. The summed E-state index contributed by atoms with van der Waals surface area (Å²) in [6, 6.07) is 8.17. The molecule has 0 aliphatic carbocycles. The molecule has 6 nitrogen and oxygen atoms in total. The van der Waals surface area contributed by atoms with Crippen LogP contribution in [0.25, 0.3) is 5.57 Å². The van der Waals surface area contributed by atoms with Crippen LogP contribution in [-0.4, -0.2) is 47.7 Å². The van der Waals surface area contributed by atoms with Gasteiger partial charge < -0.3 is 16.0 Å². The first-order valence-corrected chi connectivity index (χ1v) is 10.5. The van der Waals surface area contributed by atoms with Gasteiger partial charge >= 0.3 is 0 Å². The number of carbonyl (C=O) groups excluding carboxylic acids is 1. The number of aromatic nitrogens is 1. The zero-order valence-corrected chi connectivity index (χ0v) is 17.2. The Morgan fingerprint density at radius 1 is 1.43 bits per heavy atom. The lowest BCUT2D eigenvalue weighted by Crippen LogP contribution is -2.42. The van der Waals surface area contributed by atoms with E-state index in [1.807, 2.05) is 41.5 Å². The number of nitrogens with zero attached hydrogens (tertiary/aromatic N) is 3. The Balaban J connectivity index is 1.75. The van der Waals surface area contributed by atoms with Crippen LogP contribution in [0.3, 0.4) is 0 Å². The summed E-state index contributed by atoms with van der Waals surface area (Å²) in [7, 11) is 0. The van der Waals surface area contributed by atoms with Gasteiger partial charge in [-0.1, -0.05) is 24.6 Å². The summed E-state index contributed by atoms with van der Waals surface area (Å²) in [6.07, 6.45) is 5.09. The number of aryl methyl sites for hydroxylation is 1. The lowest BCUT2D eigenvalue weighted by Gasteiger charge is -2.27. The van der Waals surface area contributed by atoms with Crippen molar-refractivity contribution in [1.82, 2.24) is 15.2 Å². The highest BCUT2D eigenvalue weighted by atomic mass is 32.1. The monoisotopic (exact) mass is 397 g/mol. The lowest BCUT2D eigenvalue weighted by atomic mass is 10.2. The van der Waals surface area contributed by atoms with Gasteiger partial charge in [0.25, 0.3) is 5.91 Å². The van der Waals surface area contributed by atoms with Crippen LogP contribution in [0, 0.1) is 6.92 Å². The Morgan fingerprint density at radius 3 is 2.86 bits per heavy atom. The van der Waals surface area contributed by atoms with Gasteiger partial charge in [0.2, 0.25) is 0 Å². The number of amides is 1. The molecule has 0 unspecified atom stereocenters. The molecule has 0 radical (unpaired) electrons. The van der Waals surface area contributed by atoms with Crippen molar-refractivity contribution in [3.8, 4) is 0 Å². The van der Waals surface area contributed by atoms with Gasteiger partial charge in [0.1, 0.15) is 10.7 Å². The second-order valence-corrected chi connectivity index (χ2v) is 7.76. The Hall–Kier alpha value is -2.51. The molecule has 1 amide bonds. The molecule has 0 bridgehead atoms. The fourth-order valence-electron chi connectivity index (χ4n) is 3.19. The van der Waals surface area contributed by atoms with Crippen LogP contribution in [0.2, 0.25) is 0 Å². The molecule has 2 heterocycles. The maximum absolute atomic E-state index is 13.0. The second-order valence-electron chi connectivity index (χ2n) is 6.90. The molecule has 148 valence electrons. The van der Waals surface area contributed by atoms with Crippen LogP contribution >= 0.6 is 11.3 Å². The number of aliphatic imine (C=N–C) groups is 1. The van der Waals surface area contributed by atoms with Crippen molar-refractivity contribution in [1.29, 1.82) is 0 Å². The molecule has 1 aromatic heterocycles. The fraction of sp³-hybridized carbons (Fsp3) is 0.381. The highest BCUT2D eigenvalue weighted by Gasteiger charge is 2.28. The minimum atomic E-state index is -0.00936. The van der Waals surface area contributed by atoms with Crippen LogP contribution in [0.5, 0.6) is 0 Å². The molecule has 1 aliphatic rings. The van der Waals surface area contributed by atoms with Crippen molar-refractivity contribution < 1.29 is 4.79 Å². The Labute approximate surface area is 170 Å².